The van der Waals surface area contributed by atoms with Gasteiger partial charge in [-0.1, -0.05) is 0 Å². The molecule has 1 N–H and O–H groups in total. The van der Waals surface area contributed by atoms with E-state index in [-0.39, 0.29) is 5.56 Å². The zero-order chi connectivity index (χ0) is 10.3. The predicted molar refractivity (Wildman–Crippen MR) is 53.5 cm³/mol. The molecule has 0 radical (unpaired) electrons. The molecule has 0 bridgehead atoms. The summed E-state index contributed by atoms with van der Waals surface area (Å²) >= 11 is 1.42. The first-order valence-electron chi connectivity index (χ1n) is 4.01. The monoisotopic (exact) mass is 210 g/mol. The van der Waals surface area contributed by atoms with Gasteiger partial charge in [-0.15, -0.1) is 11.3 Å². The number of fused-ring (bicyclic) bond motifs is 1. The number of aryl methyl sites for hydroxylation is 1. The average Bonchev–Trinajstić information content (AvgIpc) is 2.50. The minimum absolute atomic E-state index is 0.222. The van der Waals surface area contributed by atoms with Gasteiger partial charge in [0.25, 0.3) is 0 Å². The summed E-state index contributed by atoms with van der Waals surface area (Å²) in [6, 6.07) is 3.05. The number of hydrogen-bond acceptors (Lipinski definition) is 2. The molecule has 0 amide bonds. The molecular weight excluding hydrogens is 203 g/mol. The van der Waals surface area contributed by atoms with Crippen LogP contribution in [-0.2, 0) is 0 Å². The Balaban J connectivity index is 2.89. The lowest BCUT2D eigenvalue weighted by Crippen LogP contribution is -2.03. The van der Waals surface area contributed by atoms with Crippen molar-refractivity contribution in [1.82, 2.24) is 0 Å². The van der Waals surface area contributed by atoms with Gasteiger partial charge in [-0.25, -0.2) is 9.18 Å². The summed E-state index contributed by atoms with van der Waals surface area (Å²) in [5, 5.41) is 11.4. The third-order valence-electron chi connectivity index (χ3n) is 2.15. The van der Waals surface area contributed by atoms with Crippen LogP contribution in [0.3, 0.4) is 0 Å². The summed E-state index contributed by atoms with van der Waals surface area (Å²) < 4.78 is 14.2. The van der Waals surface area contributed by atoms with Crippen molar-refractivity contribution in [2.75, 3.05) is 0 Å². The Morgan fingerprint density at radius 1 is 1.57 bits per heavy atom. The highest BCUT2D eigenvalue weighted by Crippen LogP contribution is 2.28. The van der Waals surface area contributed by atoms with E-state index in [9.17, 15) is 9.18 Å². The van der Waals surface area contributed by atoms with Gasteiger partial charge in [0.15, 0.2) is 0 Å². The number of benzene rings is 1. The first-order chi connectivity index (χ1) is 6.61. The average molecular weight is 210 g/mol. The number of carboxylic acid groups (broad SMARTS) is 1. The van der Waals surface area contributed by atoms with Crippen molar-refractivity contribution in [3.05, 3.63) is 34.5 Å². The number of aromatic carboxylic acids is 1. The van der Waals surface area contributed by atoms with E-state index in [2.05, 4.69) is 0 Å². The maximum absolute atomic E-state index is 13.3. The SMILES string of the molecule is Cc1c(C(=O)O)c(F)cc2ccsc12. The maximum Gasteiger partial charge on any atom is 0.339 e. The van der Waals surface area contributed by atoms with E-state index < -0.39 is 11.8 Å². The molecule has 0 aliphatic carbocycles. The van der Waals surface area contributed by atoms with Gasteiger partial charge < -0.3 is 5.11 Å². The van der Waals surface area contributed by atoms with E-state index >= 15 is 0 Å². The summed E-state index contributed by atoms with van der Waals surface area (Å²) in [6.07, 6.45) is 0. The standard InChI is InChI=1S/C10H7FO2S/c1-5-8(10(12)13)7(11)4-6-2-3-14-9(5)6/h2-4H,1H3,(H,12,13). The Morgan fingerprint density at radius 2 is 2.29 bits per heavy atom. The molecule has 0 fully saturated rings. The fourth-order valence-electron chi connectivity index (χ4n) is 1.50. The molecule has 14 heavy (non-hydrogen) atoms. The topological polar surface area (TPSA) is 37.3 Å². The van der Waals surface area contributed by atoms with Gasteiger partial charge in [-0.05, 0) is 35.4 Å². The molecule has 4 heteroatoms. The molecule has 0 aliphatic rings. The van der Waals surface area contributed by atoms with E-state index in [1.54, 1.807) is 13.0 Å². The molecule has 2 rings (SSSR count). The highest BCUT2D eigenvalue weighted by Gasteiger charge is 2.16. The van der Waals surface area contributed by atoms with Gasteiger partial charge in [0, 0.05) is 4.70 Å². The van der Waals surface area contributed by atoms with Gasteiger partial charge in [-0.2, -0.15) is 0 Å². The summed E-state index contributed by atoms with van der Waals surface area (Å²) in [7, 11) is 0. The quantitative estimate of drug-likeness (QED) is 0.785. The second kappa shape index (κ2) is 3.06. The second-order valence-corrected chi connectivity index (χ2v) is 3.92. The van der Waals surface area contributed by atoms with E-state index in [4.69, 9.17) is 5.11 Å². The van der Waals surface area contributed by atoms with Crippen LogP contribution >= 0.6 is 11.3 Å². The molecule has 72 valence electrons. The Hall–Kier alpha value is -1.42. The van der Waals surface area contributed by atoms with Crippen LogP contribution in [0.5, 0.6) is 0 Å². The summed E-state index contributed by atoms with van der Waals surface area (Å²) in [4.78, 5) is 10.8. The van der Waals surface area contributed by atoms with Crippen LogP contribution in [0.25, 0.3) is 10.1 Å². The number of hydrogen-bond donors (Lipinski definition) is 1. The van der Waals surface area contributed by atoms with Crippen LogP contribution < -0.4 is 0 Å². The van der Waals surface area contributed by atoms with Gasteiger partial charge in [0.1, 0.15) is 5.82 Å². The number of carbonyl (C=O) groups is 1. The zero-order valence-electron chi connectivity index (χ0n) is 7.37. The van der Waals surface area contributed by atoms with Crippen LogP contribution in [0, 0.1) is 12.7 Å². The number of halogens is 1. The predicted octanol–water partition coefficient (Wildman–Crippen LogP) is 3.05. The third kappa shape index (κ3) is 1.19. The van der Waals surface area contributed by atoms with Crippen molar-refractivity contribution in [3.8, 4) is 0 Å². The van der Waals surface area contributed by atoms with Gasteiger partial charge in [-0.3, -0.25) is 0 Å². The van der Waals surface area contributed by atoms with E-state index in [1.165, 1.54) is 17.4 Å². The number of thiophene rings is 1. The Kier molecular flexibility index (Phi) is 2.00. The van der Waals surface area contributed by atoms with E-state index in [0.29, 0.717) is 5.56 Å². The van der Waals surface area contributed by atoms with Crippen LogP contribution in [0.4, 0.5) is 4.39 Å². The highest BCUT2D eigenvalue weighted by molar-refractivity contribution is 7.17. The van der Waals surface area contributed by atoms with E-state index in [0.717, 1.165) is 10.1 Å². The normalized spacial score (nSPS) is 10.7. The molecule has 0 aliphatic heterocycles. The van der Waals surface area contributed by atoms with Crippen molar-refractivity contribution in [3.63, 3.8) is 0 Å². The van der Waals surface area contributed by atoms with E-state index in [1.807, 2.05) is 5.38 Å². The fourth-order valence-corrected chi connectivity index (χ4v) is 2.39. The van der Waals surface area contributed by atoms with Gasteiger partial charge in [0.2, 0.25) is 0 Å². The lowest BCUT2D eigenvalue weighted by atomic mass is 10.1. The molecular formula is C10H7FO2S. The molecule has 0 spiro atoms. The minimum atomic E-state index is -1.21. The smallest absolute Gasteiger partial charge is 0.339 e. The first kappa shape index (κ1) is 9.15. The molecule has 0 saturated heterocycles. The largest absolute Gasteiger partial charge is 0.478 e. The van der Waals surface area contributed by atoms with Gasteiger partial charge in [0.05, 0.1) is 5.56 Å². The molecule has 0 unspecified atom stereocenters. The third-order valence-corrected chi connectivity index (χ3v) is 3.20. The van der Waals surface area contributed by atoms with Crippen LogP contribution in [0.1, 0.15) is 15.9 Å². The number of rotatable bonds is 1. The summed E-state index contributed by atoms with van der Waals surface area (Å²) in [5.74, 6) is -1.88. The molecule has 1 heterocycles. The van der Waals surface area contributed by atoms with Crippen LogP contribution in [0.2, 0.25) is 0 Å². The fraction of sp³-hybridized carbons (Fsp3) is 0.100. The summed E-state index contributed by atoms with van der Waals surface area (Å²) in [6.45, 7) is 1.63. The number of carboxylic acids is 1. The van der Waals surface area contributed by atoms with Gasteiger partial charge >= 0.3 is 5.97 Å². The summed E-state index contributed by atoms with van der Waals surface area (Å²) in [5.41, 5.74) is 0.280. The highest BCUT2D eigenvalue weighted by atomic mass is 32.1. The Bertz CT molecular complexity index is 516. The van der Waals surface area contributed by atoms with Crippen molar-refractivity contribution in [2.45, 2.75) is 6.92 Å². The van der Waals surface area contributed by atoms with Crippen molar-refractivity contribution >= 4 is 27.4 Å². The zero-order valence-corrected chi connectivity index (χ0v) is 8.19. The van der Waals surface area contributed by atoms with Crippen molar-refractivity contribution < 1.29 is 14.3 Å². The Morgan fingerprint density at radius 3 is 2.93 bits per heavy atom. The molecule has 1 aromatic heterocycles. The first-order valence-corrected chi connectivity index (χ1v) is 4.89. The molecule has 2 nitrogen and oxygen atoms in total. The lowest BCUT2D eigenvalue weighted by molar-refractivity contribution is 0.0691. The lowest BCUT2D eigenvalue weighted by Gasteiger charge is -2.03. The molecule has 1 aromatic carbocycles. The van der Waals surface area contributed by atoms with Crippen molar-refractivity contribution in [1.29, 1.82) is 0 Å². The van der Waals surface area contributed by atoms with Crippen LogP contribution in [0.15, 0.2) is 17.5 Å². The van der Waals surface area contributed by atoms with Crippen LogP contribution in [-0.4, -0.2) is 11.1 Å². The molecule has 2 aromatic rings. The molecule has 0 atom stereocenters. The Labute approximate surface area is 83.6 Å². The minimum Gasteiger partial charge on any atom is -0.478 e. The van der Waals surface area contributed by atoms with Crippen molar-refractivity contribution in [2.24, 2.45) is 0 Å². The second-order valence-electron chi connectivity index (χ2n) is 3.00. The maximum atomic E-state index is 13.3. The molecule has 0 saturated carbocycles.